The van der Waals surface area contributed by atoms with Crippen LogP contribution in [0.3, 0.4) is 0 Å². The van der Waals surface area contributed by atoms with E-state index in [0.29, 0.717) is 25.5 Å². The summed E-state index contributed by atoms with van der Waals surface area (Å²) in [5, 5.41) is 2.56. The normalized spacial score (nSPS) is 16.3. The number of aromatic nitrogens is 1. The van der Waals surface area contributed by atoms with Gasteiger partial charge in [0.15, 0.2) is 0 Å². The third-order valence-electron chi connectivity index (χ3n) is 4.69. The van der Waals surface area contributed by atoms with Gasteiger partial charge in [-0.1, -0.05) is 0 Å². The Balaban J connectivity index is 1.46. The van der Waals surface area contributed by atoms with E-state index in [1.165, 1.54) is 0 Å². The zero-order valence-corrected chi connectivity index (χ0v) is 14.5. The fraction of sp³-hybridized carbons (Fsp3) is 0.368. The zero-order chi connectivity index (χ0) is 18.7. The lowest BCUT2D eigenvalue weighted by Crippen LogP contribution is -2.40. The van der Waals surface area contributed by atoms with Crippen LogP contribution in [0.15, 0.2) is 36.5 Å². The van der Waals surface area contributed by atoms with E-state index < -0.39 is 17.5 Å². The van der Waals surface area contributed by atoms with Gasteiger partial charge < -0.3 is 14.8 Å². The first-order valence-corrected chi connectivity index (χ1v) is 8.65. The SMILES string of the molecule is CC1c2cccn2CCN1C(=O)CCCNC(=O)c1ccc(F)cc1F. The molecule has 0 saturated carbocycles. The molecule has 1 N–H and O–H groups in total. The molecule has 1 aliphatic rings. The van der Waals surface area contributed by atoms with Gasteiger partial charge in [-0.25, -0.2) is 8.78 Å². The van der Waals surface area contributed by atoms with Crippen molar-refractivity contribution in [2.24, 2.45) is 0 Å². The van der Waals surface area contributed by atoms with Gasteiger partial charge in [-0.15, -0.1) is 0 Å². The van der Waals surface area contributed by atoms with E-state index in [2.05, 4.69) is 9.88 Å². The van der Waals surface area contributed by atoms with Crippen molar-refractivity contribution in [1.29, 1.82) is 0 Å². The molecule has 3 rings (SSSR count). The first kappa shape index (κ1) is 18.1. The van der Waals surface area contributed by atoms with Crippen molar-refractivity contribution >= 4 is 11.8 Å². The third-order valence-corrected chi connectivity index (χ3v) is 4.69. The first-order chi connectivity index (χ1) is 12.5. The molecule has 1 aromatic heterocycles. The molecule has 5 nitrogen and oxygen atoms in total. The van der Waals surface area contributed by atoms with E-state index in [1.807, 2.05) is 30.2 Å². The van der Waals surface area contributed by atoms with Crippen LogP contribution < -0.4 is 5.32 Å². The van der Waals surface area contributed by atoms with Gasteiger partial charge >= 0.3 is 0 Å². The number of halogens is 2. The van der Waals surface area contributed by atoms with Crippen molar-refractivity contribution < 1.29 is 18.4 Å². The number of hydrogen-bond acceptors (Lipinski definition) is 2. The van der Waals surface area contributed by atoms with Crippen LogP contribution in [0, 0.1) is 11.6 Å². The Hall–Kier alpha value is -2.70. The molecule has 0 spiro atoms. The highest BCUT2D eigenvalue weighted by Gasteiger charge is 2.26. The van der Waals surface area contributed by atoms with Crippen molar-refractivity contribution in [3.8, 4) is 0 Å². The van der Waals surface area contributed by atoms with Crippen LogP contribution in [0.4, 0.5) is 8.78 Å². The predicted octanol–water partition coefficient (Wildman–Crippen LogP) is 2.88. The minimum atomic E-state index is -0.899. The Labute approximate surface area is 150 Å². The number of hydrogen-bond donors (Lipinski definition) is 1. The number of amides is 2. The highest BCUT2D eigenvalue weighted by atomic mass is 19.1. The monoisotopic (exact) mass is 361 g/mol. The number of benzene rings is 1. The highest BCUT2D eigenvalue weighted by Crippen LogP contribution is 2.25. The molecule has 2 aromatic rings. The highest BCUT2D eigenvalue weighted by molar-refractivity contribution is 5.94. The van der Waals surface area contributed by atoms with Gasteiger partial charge in [0.05, 0.1) is 11.6 Å². The summed E-state index contributed by atoms with van der Waals surface area (Å²) in [6, 6.07) is 6.83. The van der Waals surface area contributed by atoms with Crippen LogP contribution >= 0.6 is 0 Å². The Morgan fingerprint density at radius 1 is 1.23 bits per heavy atom. The topological polar surface area (TPSA) is 54.3 Å². The van der Waals surface area contributed by atoms with E-state index in [0.717, 1.165) is 24.4 Å². The minimum Gasteiger partial charge on any atom is -0.352 e. The second-order valence-corrected chi connectivity index (χ2v) is 6.37. The molecule has 1 aromatic carbocycles. The molecule has 0 radical (unpaired) electrons. The Kier molecular flexibility index (Phi) is 5.35. The van der Waals surface area contributed by atoms with E-state index in [4.69, 9.17) is 0 Å². The van der Waals surface area contributed by atoms with Gasteiger partial charge in [-0.3, -0.25) is 9.59 Å². The van der Waals surface area contributed by atoms with Gasteiger partial charge in [0.25, 0.3) is 5.91 Å². The number of rotatable bonds is 5. The predicted molar refractivity (Wildman–Crippen MR) is 92.5 cm³/mol. The van der Waals surface area contributed by atoms with Crippen LogP contribution in [0.2, 0.25) is 0 Å². The average Bonchev–Trinajstić information content (AvgIpc) is 3.08. The summed E-state index contributed by atoms with van der Waals surface area (Å²) in [7, 11) is 0. The fourth-order valence-corrected chi connectivity index (χ4v) is 3.27. The van der Waals surface area contributed by atoms with Gasteiger partial charge in [-0.2, -0.15) is 0 Å². The second-order valence-electron chi connectivity index (χ2n) is 6.37. The van der Waals surface area contributed by atoms with Crippen molar-refractivity contribution in [3.05, 3.63) is 59.4 Å². The van der Waals surface area contributed by atoms with Gasteiger partial charge in [0.1, 0.15) is 11.6 Å². The number of carbonyl (C=O) groups is 2. The molecule has 2 amide bonds. The average molecular weight is 361 g/mol. The van der Waals surface area contributed by atoms with Crippen LogP contribution in [0.25, 0.3) is 0 Å². The molecule has 1 atom stereocenters. The second kappa shape index (κ2) is 7.68. The Bertz CT molecular complexity index is 819. The quantitative estimate of drug-likeness (QED) is 0.833. The number of carbonyl (C=O) groups excluding carboxylic acids is 2. The molecule has 0 saturated heterocycles. The summed E-state index contributed by atoms with van der Waals surface area (Å²) < 4.78 is 28.6. The lowest BCUT2D eigenvalue weighted by atomic mass is 10.1. The molecular weight excluding hydrogens is 340 g/mol. The summed E-state index contributed by atoms with van der Waals surface area (Å²) in [4.78, 5) is 26.2. The summed E-state index contributed by atoms with van der Waals surface area (Å²) in [5.74, 6) is -2.21. The van der Waals surface area contributed by atoms with E-state index in [-0.39, 0.29) is 24.1 Å². The molecule has 7 heteroatoms. The smallest absolute Gasteiger partial charge is 0.254 e. The standard InChI is InChI=1S/C19H21F2N3O2/c1-13-17-4-3-9-23(17)10-11-24(13)18(25)5-2-8-22-19(26)15-7-6-14(20)12-16(15)21/h3-4,6-7,9,12-13H,2,5,8,10-11H2,1H3,(H,22,26). The first-order valence-electron chi connectivity index (χ1n) is 8.65. The summed E-state index contributed by atoms with van der Waals surface area (Å²) in [6.07, 6.45) is 2.77. The molecule has 1 aliphatic heterocycles. The van der Waals surface area contributed by atoms with Crippen molar-refractivity contribution in [3.63, 3.8) is 0 Å². The van der Waals surface area contributed by atoms with Crippen LogP contribution in [0.5, 0.6) is 0 Å². The fourth-order valence-electron chi connectivity index (χ4n) is 3.27. The molecule has 138 valence electrons. The van der Waals surface area contributed by atoms with Gasteiger partial charge in [-0.05, 0) is 37.6 Å². The largest absolute Gasteiger partial charge is 0.352 e. The maximum Gasteiger partial charge on any atom is 0.254 e. The Morgan fingerprint density at radius 3 is 2.81 bits per heavy atom. The molecular formula is C19H21F2N3O2. The maximum atomic E-state index is 13.6. The minimum absolute atomic E-state index is 0.0224. The van der Waals surface area contributed by atoms with Crippen LogP contribution in [0.1, 0.15) is 41.9 Å². The number of nitrogens with zero attached hydrogens (tertiary/aromatic N) is 2. The van der Waals surface area contributed by atoms with E-state index in [9.17, 15) is 18.4 Å². The summed E-state index contributed by atoms with van der Waals surface area (Å²) in [6.45, 7) is 3.69. The van der Waals surface area contributed by atoms with Crippen molar-refractivity contribution in [2.75, 3.05) is 13.1 Å². The van der Waals surface area contributed by atoms with Gasteiger partial charge in [0, 0.05) is 44.0 Å². The number of nitrogens with one attached hydrogen (secondary N) is 1. The molecule has 26 heavy (non-hydrogen) atoms. The van der Waals surface area contributed by atoms with Gasteiger partial charge in [0.2, 0.25) is 5.91 Å². The molecule has 0 aliphatic carbocycles. The molecule has 0 fully saturated rings. The third kappa shape index (κ3) is 3.76. The van der Waals surface area contributed by atoms with Crippen LogP contribution in [-0.4, -0.2) is 34.4 Å². The van der Waals surface area contributed by atoms with Crippen molar-refractivity contribution in [1.82, 2.24) is 14.8 Å². The molecule has 2 heterocycles. The lowest BCUT2D eigenvalue weighted by Gasteiger charge is -2.35. The van der Waals surface area contributed by atoms with E-state index >= 15 is 0 Å². The maximum absolute atomic E-state index is 13.6. The lowest BCUT2D eigenvalue weighted by molar-refractivity contribution is -0.134. The molecule has 1 unspecified atom stereocenters. The van der Waals surface area contributed by atoms with Crippen molar-refractivity contribution in [2.45, 2.75) is 32.4 Å². The Morgan fingerprint density at radius 2 is 2.04 bits per heavy atom. The summed E-state index contributed by atoms with van der Waals surface area (Å²) in [5.41, 5.74) is 0.910. The van der Waals surface area contributed by atoms with E-state index in [1.54, 1.807) is 0 Å². The van der Waals surface area contributed by atoms with Crippen LogP contribution in [-0.2, 0) is 11.3 Å². The summed E-state index contributed by atoms with van der Waals surface area (Å²) >= 11 is 0. The number of fused-ring (bicyclic) bond motifs is 1. The molecule has 0 bridgehead atoms. The zero-order valence-electron chi connectivity index (χ0n) is 14.5.